The van der Waals surface area contributed by atoms with Crippen LogP contribution in [0, 0.1) is 0 Å². The summed E-state index contributed by atoms with van der Waals surface area (Å²) in [5.41, 5.74) is 2.60. The average molecular weight is 260 g/mol. The molecule has 0 aliphatic heterocycles. The largest absolute Gasteiger partial charge is 0.507 e. The normalized spacial score (nSPS) is 11.6. The zero-order chi connectivity index (χ0) is 14.0. The van der Waals surface area contributed by atoms with Crippen LogP contribution in [0.15, 0.2) is 38.6 Å². The van der Waals surface area contributed by atoms with Gasteiger partial charge in [-0.05, 0) is 25.1 Å². The van der Waals surface area contributed by atoms with E-state index in [2.05, 4.69) is 10.5 Å². The number of rotatable bonds is 2. The van der Waals surface area contributed by atoms with Gasteiger partial charge in [-0.15, -0.1) is 0 Å². The molecule has 0 atom stereocenters. The molecule has 2 aromatic rings. The van der Waals surface area contributed by atoms with Crippen LogP contribution in [0.1, 0.15) is 19.4 Å². The quantitative estimate of drug-likeness (QED) is 0.484. The zero-order valence-corrected chi connectivity index (χ0v) is 10.4. The molecule has 0 fully saturated rings. The summed E-state index contributed by atoms with van der Waals surface area (Å²) in [6.45, 7) is 2.91. The van der Waals surface area contributed by atoms with Crippen molar-refractivity contribution in [3.63, 3.8) is 0 Å². The van der Waals surface area contributed by atoms with Crippen LogP contribution in [-0.2, 0) is 4.79 Å². The van der Waals surface area contributed by atoms with E-state index in [9.17, 15) is 14.7 Å². The van der Waals surface area contributed by atoms with Gasteiger partial charge in [0.1, 0.15) is 5.75 Å². The van der Waals surface area contributed by atoms with E-state index in [0.29, 0.717) is 11.1 Å². The summed E-state index contributed by atoms with van der Waals surface area (Å²) in [6, 6.07) is 5.99. The summed E-state index contributed by atoms with van der Waals surface area (Å²) in [5.74, 6) is -0.408. The second-order valence-corrected chi connectivity index (χ2v) is 4.00. The molecule has 2 rings (SSSR count). The van der Waals surface area contributed by atoms with Gasteiger partial charge >= 0.3 is 5.63 Å². The van der Waals surface area contributed by atoms with Crippen LogP contribution in [0.3, 0.4) is 0 Å². The van der Waals surface area contributed by atoms with Gasteiger partial charge in [-0.1, -0.05) is 0 Å². The van der Waals surface area contributed by atoms with Gasteiger partial charge in [0.2, 0.25) is 5.91 Å². The monoisotopic (exact) mass is 260 g/mol. The Kier molecular flexibility index (Phi) is 3.33. The maximum absolute atomic E-state index is 11.3. The van der Waals surface area contributed by atoms with E-state index in [0.717, 1.165) is 0 Å². The van der Waals surface area contributed by atoms with E-state index < -0.39 is 5.63 Å². The highest BCUT2D eigenvalue weighted by molar-refractivity contribution is 6.10. The fourth-order valence-electron chi connectivity index (χ4n) is 1.69. The highest BCUT2D eigenvalue weighted by atomic mass is 16.4. The Bertz CT molecular complexity index is 731. The molecule has 0 saturated heterocycles. The number of carbonyl (C=O) groups excluding carboxylic acids is 1. The molecule has 1 aromatic carbocycles. The van der Waals surface area contributed by atoms with Crippen molar-refractivity contribution in [3.8, 4) is 5.75 Å². The fraction of sp³-hybridized carbons (Fsp3) is 0.154. The highest BCUT2D eigenvalue weighted by Crippen LogP contribution is 2.26. The number of nitrogens with zero attached hydrogens (tertiary/aromatic N) is 1. The fourth-order valence-corrected chi connectivity index (χ4v) is 1.69. The van der Waals surface area contributed by atoms with E-state index in [-0.39, 0.29) is 22.8 Å². The van der Waals surface area contributed by atoms with Crippen molar-refractivity contribution in [2.75, 3.05) is 0 Å². The molecule has 0 radical (unpaired) electrons. The van der Waals surface area contributed by atoms with Crippen molar-refractivity contribution in [2.24, 2.45) is 5.10 Å². The Morgan fingerprint density at radius 2 is 1.95 bits per heavy atom. The molecular formula is C13H12N2O4. The number of hydrogen-bond donors (Lipinski definition) is 2. The van der Waals surface area contributed by atoms with E-state index in [1.165, 1.54) is 19.1 Å². The van der Waals surface area contributed by atoms with Crippen molar-refractivity contribution >= 4 is 22.6 Å². The lowest BCUT2D eigenvalue weighted by Gasteiger charge is -2.07. The van der Waals surface area contributed by atoms with Crippen molar-refractivity contribution in [1.82, 2.24) is 5.43 Å². The van der Waals surface area contributed by atoms with Crippen LogP contribution < -0.4 is 11.1 Å². The van der Waals surface area contributed by atoms with E-state index in [4.69, 9.17) is 4.42 Å². The molecule has 0 bridgehead atoms. The smallest absolute Gasteiger partial charge is 0.336 e. The minimum Gasteiger partial charge on any atom is -0.507 e. The van der Waals surface area contributed by atoms with Gasteiger partial charge in [0.05, 0.1) is 11.3 Å². The van der Waals surface area contributed by atoms with Gasteiger partial charge in [0.25, 0.3) is 0 Å². The first kappa shape index (κ1) is 12.8. The van der Waals surface area contributed by atoms with Gasteiger partial charge in [-0.3, -0.25) is 4.79 Å². The predicted octanol–water partition coefficient (Wildman–Crippen LogP) is 1.36. The first-order valence-corrected chi connectivity index (χ1v) is 5.56. The number of phenolic OH excluding ortho intramolecular Hbond substituents is 1. The van der Waals surface area contributed by atoms with Crippen LogP contribution in [0.25, 0.3) is 11.0 Å². The van der Waals surface area contributed by atoms with Crippen LogP contribution in [0.2, 0.25) is 0 Å². The second-order valence-electron chi connectivity index (χ2n) is 4.00. The Labute approximate surface area is 108 Å². The predicted molar refractivity (Wildman–Crippen MR) is 70.2 cm³/mol. The zero-order valence-electron chi connectivity index (χ0n) is 10.4. The van der Waals surface area contributed by atoms with Gasteiger partial charge in [-0.25, -0.2) is 10.2 Å². The summed E-state index contributed by atoms with van der Waals surface area (Å²) >= 11 is 0. The Balaban J connectivity index is 2.67. The third-order valence-electron chi connectivity index (χ3n) is 2.51. The summed E-state index contributed by atoms with van der Waals surface area (Å²) < 4.78 is 5.09. The Morgan fingerprint density at radius 3 is 2.63 bits per heavy atom. The SMILES string of the molecule is CC(=O)N/N=C(\C)c1c(O)ccc2ccc(=O)oc12. The molecule has 1 heterocycles. The van der Waals surface area contributed by atoms with Crippen molar-refractivity contribution in [1.29, 1.82) is 0 Å². The van der Waals surface area contributed by atoms with Crippen LogP contribution in [-0.4, -0.2) is 16.7 Å². The summed E-state index contributed by atoms with van der Waals surface area (Å²) in [4.78, 5) is 22.1. The molecule has 98 valence electrons. The van der Waals surface area contributed by atoms with Crippen molar-refractivity contribution in [3.05, 3.63) is 40.2 Å². The minimum atomic E-state index is -0.522. The lowest BCUT2D eigenvalue weighted by Crippen LogP contribution is -2.15. The molecule has 6 heteroatoms. The second kappa shape index (κ2) is 4.93. The number of phenols is 1. The number of aromatic hydroxyl groups is 1. The van der Waals surface area contributed by atoms with E-state index >= 15 is 0 Å². The van der Waals surface area contributed by atoms with Crippen LogP contribution in [0.4, 0.5) is 0 Å². The Hall–Kier alpha value is -2.63. The molecule has 1 aromatic heterocycles. The number of carbonyl (C=O) groups is 1. The number of hydrazone groups is 1. The number of amides is 1. The summed E-state index contributed by atoms with van der Waals surface area (Å²) in [5, 5.41) is 14.4. The molecule has 2 N–H and O–H groups in total. The van der Waals surface area contributed by atoms with E-state index in [1.807, 2.05) is 0 Å². The first-order chi connectivity index (χ1) is 8.99. The minimum absolute atomic E-state index is 0.0755. The molecule has 0 aliphatic rings. The van der Waals surface area contributed by atoms with Gasteiger partial charge in [0.15, 0.2) is 5.58 Å². The molecular weight excluding hydrogens is 248 g/mol. The van der Waals surface area contributed by atoms with Crippen LogP contribution in [0.5, 0.6) is 5.75 Å². The van der Waals surface area contributed by atoms with Crippen LogP contribution >= 0.6 is 0 Å². The maximum Gasteiger partial charge on any atom is 0.336 e. The van der Waals surface area contributed by atoms with Crippen molar-refractivity contribution in [2.45, 2.75) is 13.8 Å². The molecule has 0 spiro atoms. The third kappa shape index (κ3) is 2.62. The standard InChI is InChI=1S/C13H12N2O4/c1-7(14-15-8(2)16)12-10(17)5-3-9-4-6-11(18)19-13(9)12/h3-6,17H,1-2H3,(H,15,16)/b14-7+. The summed E-state index contributed by atoms with van der Waals surface area (Å²) in [6.07, 6.45) is 0. The van der Waals surface area contributed by atoms with Gasteiger partial charge < -0.3 is 9.52 Å². The average Bonchev–Trinajstić information content (AvgIpc) is 2.35. The lowest BCUT2D eigenvalue weighted by atomic mass is 10.1. The molecule has 1 amide bonds. The number of hydrogen-bond acceptors (Lipinski definition) is 5. The van der Waals surface area contributed by atoms with Gasteiger partial charge in [0, 0.05) is 18.4 Å². The number of benzene rings is 1. The third-order valence-corrected chi connectivity index (χ3v) is 2.51. The Morgan fingerprint density at radius 1 is 1.26 bits per heavy atom. The first-order valence-electron chi connectivity index (χ1n) is 5.56. The number of nitrogens with one attached hydrogen (secondary N) is 1. The maximum atomic E-state index is 11.3. The van der Waals surface area contributed by atoms with E-state index in [1.54, 1.807) is 19.1 Å². The summed E-state index contributed by atoms with van der Waals surface area (Å²) in [7, 11) is 0. The lowest BCUT2D eigenvalue weighted by molar-refractivity contribution is -0.118. The molecule has 6 nitrogen and oxygen atoms in total. The van der Waals surface area contributed by atoms with Crippen molar-refractivity contribution < 1.29 is 14.3 Å². The molecule has 0 saturated carbocycles. The molecule has 0 unspecified atom stereocenters. The highest BCUT2D eigenvalue weighted by Gasteiger charge is 2.13. The van der Waals surface area contributed by atoms with Gasteiger partial charge in [-0.2, -0.15) is 5.10 Å². The topological polar surface area (TPSA) is 91.9 Å². The number of fused-ring (bicyclic) bond motifs is 1. The molecule has 19 heavy (non-hydrogen) atoms. The molecule has 0 aliphatic carbocycles.